The van der Waals surface area contributed by atoms with Gasteiger partial charge in [-0.15, -0.1) is 0 Å². The fourth-order valence-corrected chi connectivity index (χ4v) is 2.48. The SMILES string of the molecule is CCC(N)C(=O)N1CCc2cc(OC)c(OC)cc2C1. The Kier molecular flexibility index (Phi) is 4.49. The lowest BCUT2D eigenvalue weighted by molar-refractivity contribution is -0.133. The van der Waals surface area contributed by atoms with Gasteiger partial charge in [-0.25, -0.2) is 0 Å². The molecule has 1 unspecified atom stereocenters. The summed E-state index contributed by atoms with van der Waals surface area (Å²) in [5.74, 6) is 1.45. The van der Waals surface area contributed by atoms with Gasteiger partial charge >= 0.3 is 0 Å². The van der Waals surface area contributed by atoms with Gasteiger partial charge < -0.3 is 20.1 Å². The molecule has 5 heteroatoms. The summed E-state index contributed by atoms with van der Waals surface area (Å²) >= 11 is 0. The van der Waals surface area contributed by atoms with Crippen LogP contribution in [0.25, 0.3) is 0 Å². The second kappa shape index (κ2) is 6.13. The molecule has 1 aromatic rings. The minimum atomic E-state index is -0.406. The highest BCUT2D eigenvalue weighted by Gasteiger charge is 2.25. The van der Waals surface area contributed by atoms with Crippen LogP contribution in [-0.2, 0) is 17.8 Å². The molecule has 2 rings (SSSR count). The van der Waals surface area contributed by atoms with Crippen molar-refractivity contribution < 1.29 is 14.3 Å². The van der Waals surface area contributed by atoms with Crippen molar-refractivity contribution in [2.24, 2.45) is 5.73 Å². The normalized spacial score (nSPS) is 15.5. The van der Waals surface area contributed by atoms with Crippen molar-refractivity contribution >= 4 is 5.91 Å². The van der Waals surface area contributed by atoms with Crippen LogP contribution in [0.4, 0.5) is 0 Å². The van der Waals surface area contributed by atoms with Gasteiger partial charge in [-0.2, -0.15) is 0 Å². The van der Waals surface area contributed by atoms with E-state index in [4.69, 9.17) is 15.2 Å². The van der Waals surface area contributed by atoms with Gasteiger partial charge in [0.1, 0.15) is 0 Å². The Morgan fingerprint density at radius 3 is 2.45 bits per heavy atom. The number of ether oxygens (including phenoxy) is 2. The fraction of sp³-hybridized carbons (Fsp3) is 0.533. The number of carbonyl (C=O) groups excluding carboxylic acids is 1. The molecule has 110 valence electrons. The molecule has 1 aliphatic heterocycles. The molecule has 1 aromatic carbocycles. The van der Waals surface area contributed by atoms with Crippen molar-refractivity contribution in [3.05, 3.63) is 23.3 Å². The van der Waals surface area contributed by atoms with Gasteiger partial charge in [0.25, 0.3) is 0 Å². The summed E-state index contributed by atoms with van der Waals surface area (Å²) in [5, 5.41) is 0. The molecule has 1 amide bonds. The molecule has 0 fully saturated rings. The van der Waals surface area contributed by atoms with Crippen LogP contribution in [0, 0.1) is 0 Å². The summed E-state index contributed by atoms with van der Waals surface area (Å²) < 4.78 is 10.6. The predicted molar refractivity (Wildman–Crippen MR) is 76.9 cm³/mol. The lowest BCUT2D eigenvalue weighted by atomic mass is 9.98. The van der Waals surface area contributed by atoms with Gasteiger partial charge in [0.15, 0.2) is 11.5 Å². The number of hydrogen-bond acceptors (Lipinski definition) is 4. The molecule has 0 spiro atoms. The van der Waals surface area contributed by atoms with E-state index in [1.165, 1.54) is 5.56 Å². The second-order valence-corrected chi connectivity index (χ2v) is 5.00. The molecule has 1 heterocycles. The Balaban J connectivity index is 2.23. The minimum absolute atomic E-state index is 0.0212. The number of hydrogen-bond donors (Lipinski definition) is 1. The molecule has 0 saturated heterocycles. The van der Waals surface area contributed by atoms with E-state index < -0.39 is 6.04 Å². The largest absolute Gasteiger partial charge is 0.493 e. The predicted octanol–water partition coefficient (Wildman–Crippen LogP) is 1.33. The average molecular weight is 278 g/mol. The van der Waals surface area contributed by atoms with E-state index in [1.54, 1.807) is 14.2 Å². The molecule has 0 saturated carbocycles. The van der Waals surface area contributed by atoms with E-state index in [1.807, 2.05) is 24.0 Å². The molecule has 20 heavy (non-hydrogen) atoms. The molecular weight excluding hydrogens is 256 g/mol. The van der Waals surface area contributed by atoms with E-state index in [9.17, 15) is 4.79 Å². The Morgan fingerprint density at radius 1 is 1.30 bits per heavy atom. The second-order valence-electron chi connectivity index (χ2n) is 5.00. The molecule has 1 atom stereocenters. The van der Waals surface area contributed by atoms with Crippen LogP contribution < -0.4 is 15.2 Å². The van der Waals surface area contributed by atoms with Crippen LogP contribution >= 0.6 is 0 Å². The molecule has 5 nitrogen and oxygen atoms in total. The maximum atomic E-state index is 12.2. The zero-order valence-corrected chi connectivity index (χ0v) is 12.3. The summed E-state index contributed by atoms with van der Waals surface area (Å²) in [6.45, 7) is 3.21. The molecule has 1 aliphatic rings. The highest BCUT2D eigenvalue weighted by molar-refractivity contribution is 5.81. The maximum Gasteiger partial charge on any atom is 0.239 e. The number of nitrogens with two attached hydrogens (primary N) is 1. The smallest absolute Gasteiger partial charge is 0.239 e. The van der Waals surface area contributed by atoms with E-state index >= 15 is 0 Å². The summed E-state index contributed by atoms with van der Waals surface area (Å²) in [6.07, 6.45) is 1.48. The van der Waals surface area contributed by atoms with Crippen molar-refractivity contribution in [1.82, 2.24) is 4.90 Å². The molecule has 0 aromatic heterocycles. The molecule has 0 bridgehead atoms. The lowest BCUT2D eigenvalue weighted by Gasteiger charge is -2.31. The van der Waals surface area contributed by atoms with E-state index in [0.29, 0.717) is 25.3 Å². The third-order valence-corrected chi connectivity index (χ3v) is 3.79. The number of amides is 1. The number of nitrogens with zero attached hydrogens (tertiary/aromatic N) is 1. The van der Waals surface area contributed by atoms with Crippen LogP contribution in [0.15, 0.2) is 12.1 Å². The van der Waals surface area contributed by atoms with Crippen LogP contribution in [-0.4, -0.2) is 37.6 Å². The number of carbonyl (C=O) groups is 1. The third kappa shape index (κ3) is 2.72. The highest BCUT2D eigenvalue weighted by Crippen LogP contribution is 2.33. The average Bonchev–Trinajstić information content (AvgIpc) is 2.51. The van der Waals surface area contributed by atoms with E-state index in [2.05, 4.69) is 0 Å². The van der Waals surface area contributed by atoms with Crippen LogP contribution in [0.5, 0.6) is 11.5 Å². The Hall–Kier alpha value is -1.75. The fourth-order valence-electron chi connectivity index (χ4n) is 2.48. The molecule has 0 aliphatic carbocycles. The number of methoxy groups -OCH3 is 2. The first-order valence-electron chi connectivity index (χ1n) is 6.88. The first-order valence-corrected chi connectivity index (χ1v) is 6.88. The number of benzene rings is 1. The quantitative estimate of drug-likeness (QED) is 0.902. The topological polar surface area (TPSA) is 64.8 Å². The maximum absolute atomic E-state index is 12.2. The summed E-state index contributed by atoms with van der Waals surface area (Å²) in [7, 11) is 3.24. The van der Waals surface area contributed by atoms with Crippen LogP contribution in [0.3, 0.4) is 0 Å². The third-order valence-electron chi connectivity index (χ3n) is 3.79. The summed E-state index contributed by atoms with van der Waals surface area (Å²) in [5.41, 5.74) is 8.14. The zero-order chi connectivity index (χ0) is 14.7. The first kappa shape index (κ1) is 14.7. The van der Waals surface area contributed by atoms with Gasteiger partial charge in [0.05, 0.1) is 20.3 Å². The van der Waals surface area contributed by atoms with E-state index in [-0.39, 0.29) is 5.91 Å². The number of fused-ring (bicyclic) bond motifs is 1. The van der Waals surface area contributed by atoms with Crippen molar-refractivity contribution in [3.63, 3.8) is 0 Å². The first-order chi connectivity index (χ1) is 9.60. The lowest BCUT2D eigenvalue weighted by Crippen LogP contribution is -2.45. The van der Waals surface area contributed by atoms with Crippen molar-refractivity contribution in [3.8, 4) is 11.5 Å². The van der Waals surface area contributed by atoms with Crippen molar-refractivity contribution in [2.45, 2.75) is 32.4 Å². The van der Waals surface area contributed by atoms with Crippen LogP contribution in [0.2, 0.25) is 0 Å². The van der Waals surface area contributed by atoms with Crippen LogP contribution in [0.1, 0.15) is 24.5 Å². The molecule has 0 radical (unpaired) electrons. The van der Waals surface area contributed by atoms with E-state index in [0.717, 1.165) is 17.7 Å². The Morgan fingerprint density at radius 2 is 1.90 bits per heavy atom. The van der Waals surface area contributed by atoms with Gasteiger partial charge in [-0.1, -0.05) is 6.92 Å². The van der Waals surface area contributed by atoms with Crippen molar-refractivity contribution in [2.75, 3.05) is 20.8 Å². The van der Waals surface area contributed by atoms with Crippen molar-refractivity contribution in [1.29, 1.82) is 0 Å². The molecule has 2 N–H and O–H groups in total. The standard InChI is InChI=1S/C15H22N2O3/c1-4-12(16)15(18)17-6-5-10-7-13(19-2)14(20-3)8-11(10)9-17/h7-8,12H,4-6,9,16H2,1-3H3. The Labute approximate surface area is 119 Å². The highest BCUT2D eigenvalue weighted by atomic mass is 16.5. The summed E-state index contributed by atoms with van der Waals surface area (Å²) in [4.78, 5) is 14.0. The van der Waals surface area contributed by atoms with Gasteiger partial charge in [-0.3, -0.25) is 4.79 Å². The minimum Gasteiger partial charge on any atom is -0.493 e. The van der Waals surface area contributed by atoms with Gasteiger partial charge in [-0.05, 0) is 36.1 Å². The molecular formula is C15H22N2O3. The zero-order valence-electron chi connectivity index (χ0n) is 12.3. The Bertz CT molecular complexity index is 502. The van der Waals surface area contributed by atoms with Gasteiger partial charge in [0, 0.05) is 13.1 Å². The summed E-state index contributed by atoms with van der Waals surface area (Å²) in [6, 6.07) is 3.54. The monoisotopic (exact) mass is 278 g/mol. The van der Waals surface area contributed by atoms with Gasteiger partial charge in [0.2, 0.25) is 5.91 Å². The number of rotatable bonds is 4.